The van der Waals surface area contributed by atoms with Crippen molar-refractivity contribution in [1.82, 2.24) is 14.7 Å². The summed E-state index contributed by atoms with van der Waals surface area (Å²) in [7, 11) is 0. The van der Waals surface area contributed by atoms with Gasteiger partial charge in [-0.2, -0.15) is 5.10 Å². The van der Waals surface area contributed by atoms with Gasteiger partial charge in [-0.15, -0.1) is 0 Å². The molecule has 49 heavy (non-hydrogen) atoms. The fraction of sp³-hybridized carbons (Fsp3) is 0.378. The molecule has 2 amide bonds. The SMILES string of the molecule is Cc1c(Cl)cccc1OCCOC(=O)N1C[C@@H]2C[C@@H]2c2c(-c3cnn(Cc4cc(C(=O)N5CCC(O)(CF)CC5)ccc4Cl)c3)cccc21. The summed E-state index contributed by atoms with van der Waals surface area (Å²) in [5.41, 5.74) is 4.60. The maximum absolute atomic E-state index is 13.3. The van der Waals surface area contributed by atoms with Crippen LogP contribution in [0.3, 0.4) is 0 Å². The zero-order chi connectivity index (χ0) is 34.3. The predicted octanol–water partition coefficient (Wildman–Crippen LogP) is 7.29. The molecule has 1 aromatic heterocycles. The summed E-state index contributed by atoms with van der Waals surface area (Å²) in [6.45, 7) is 2.91. The molecule has 1 saturated heterocycles. The molecular weight excluding hydrogens is 670 g/mol. The first kappa shape index (κ1) is 33.4. The molecule has 0 radical (unpaired) electrons. The van der Waals surface area contributed by atoms with Gasteiger partial charge in [0.1, 0.15) is 25.6 Å². The molecule has 0 bridgehead atoms. The highest BCUT2D eigenvalue weighted by Crippen LogP contribution is 2.57. The topological polar surface area (TPSA) is 97.1 Å². The standard InChI is InChI=1S/C37H37Cl2FN4O5/c1-23-30(38)5-3-7-33(23)48-14-15-49-36(46)44-21-25-17-29(25)34-28(4-2-6-32(34)44)27-18-41-43(20-27)19-26-16-24(8-9-31(26)39)35(45)42-12-10-37(47,22-40)11-13-42/h2-9,16,18,20,25,29,47H,10-15,17,19,21-22H2,1H3/t25-,29-/m0/s1. The Morgan fingerprint density at radius 2 is 1.86 bits per heavy atom. The second-order valence-electron chi connectivity index (χ2n) is 13.2. The van der Waals surface area contributed by atoms with Gasteiger partial charge in [0.2, 0.25) is 0 Å². The zero-order valence-corrected chi connectivity index (χ0v) is 28.6. The Labute approximate surface area is 294 Å². The van der Waals surface area contributed by atoms with Gasteiger partial charge in [-0.25, -0.2) is 9.18 Å². The fourth-order valence-electron chi connectivity index (χ4n) is 6.88. The number of amides is 2. The van der Waals surface area contributed by atoms with Gasteiger partial charge in [0.05, 0.1) is 24.0 Å². The first-order chi connectivity index (χ1) is 23.6. The van der Waals surface area contributed by atoms with E-state index in [0.29, 0.717) is 46.3 Å². The van der Waals surface area contributed by atoms with Crippen LogP contribution in [-0.2, 0) is 11.3 Å². The Kier molecular flexibility index (Phi) is 9.30. The number of aliphatic hydroxyl groups is 1. The average Bonchev–Trinajstić information content (AvgIpc) is 3.76. The van der Waals surface area contributed by atoms with Gasteiger partial charge >= 0.3 is 6.09 Å². The van der Waals surface area contributed by atoms with E-state index in [9.17, 15) is 19.1 Å². The van der Waals surface area contributed by atoms with Gasteiger partial charge in [0.15, 0.2) is 0 Å². The highest BCUT2D eigenvalue weighted by Gasteiger charge is 2.48. The van der Waals surface area contributed by atoms with Crippen LogP contribution >= 0.6 is 23.2 Å². The summed E-state index contributed by atoms with van der Waals surface area (Å²) in [6.07, 6.45) is 4.76. The summed E-state index contributed by atoms with van der Waals surface area (Å²) in [4.78, 5) is 29.9. The van der Waals surface area contributed by atoms with Crippen LogP contribution in [0.2, 0.25) is 10.0 Å². The molecule has 1 aliphatic carbocycles. The number of piperidine rings is 1. The molecule has 2 fully saturated rings. The molecule has 12 heteroatoms. The number of likely N-dealkylation sites (tertiary alicyclic amines) is 1. The number of benzene rings is 3. The van der Waals surface area contributed by atoms with Crippen LogP contribution in [0.5, 0.6) is 5.75 Å². The van der Waals surface area contributed by atoms with Crippen molar-refractivity contribution in [2.75, 3.05) is 44.4 Å². The van der Waals surface area contributed by atoms with Crippen molar-refractivity contribution in [3.63, 3.8) is 0 Å². The normalized spacial score (nSPS) is 19.2. The van der Waals surface area contributed by atoms with Gasteiger partial charge < -0.3 is 19.5 Å². The lowest BCUT2D eigenvalue weighted by atomic mass is 9.92. The van der Waals surface area contributed by atoms with E-state index < -0.39 is 18.4 Å². The van der Waals surface area contributed by atoms with E-state index in [4.69, 9.17) is 32.7 Å². The van der Waals surface area contributed by atoms with Crippen LogP contribution in [0, 0.1) is 12.8 Å². The molecule has 2 aliphatic heterocycles. The molecule has 3 aromatic carbocycles. The Morgan fingerprint density at radius 1 is 1.06 bits per heavy atom. The second kappa shape index (κ2) is 13.7. The molecule has 7 rings (SSSR count). The number of halogens is 3. The summed E-state index contributed by atoms with van der Waals surface area (Å²) in [5, 5.41) is 16.0. The van der Waals surface area contributed by atoms with Crippen LogP contribution in [-0.4, -0.2) is 76.9 Å². The summed E-state index contributed by atoms with van der Waals surface area (Å²) >= 11 is 12.8. The van der Waals surface area contributed by atoms with Crippen molar-refractivity contribution in [3.05, 3.63) is 99.3 Å². The number of carbonyl (C=O) groups excluding carboxylic acids is 2. The van der Waals surface area contributed by atoms with E-state index >= 15 is 0 Å². The summed E-state index contributed by atoms with van der Waals surface area (Å²) < 4.78 is 26.4. The first-order valence-electron chi connectivity index (χ1n) is 16.5. The molecule has 1 saturated carbocycles. The molecule has 2 atom stereocenters. The first-order valence-corrected chi connectivity index (χ1v) is 17.2. The molecule has 4 aromatic rings. The third kappa shape index (κ3) is 6.87. The maximum Gasteiger partial charge on any atom is 0.414 e. The number of aromatic nitrogens is 2. The van der Waals surface area contributed by atoms with Crippen molar-refractivity contribution in [2.45, 2.75) is 44.2 Å². The van der Waals surface area contributed by atoms with E-state index in [2.05, 4.69) is 11.2 Å². The number of rotatable bonds is 9. The van der Waals surface area contributed by atoms with Gasteiger partial charge in [-0.3, -0.25) is 14.4 Å². The number of anilines is 1. The van der Waals surface area contributed by atoms with E-state index in [1.165, 1.54) is 0 Å². The van der Waals surface area contributed by atoms with Crippen LogP contribution in [0.1, 0.15) is 52.2 Å². The maximum atomic E-state index is 13.3. The fourth-order valence-corrected chi connectivity index (χ4v) is 7.22. The molecule has 3 heterocycles. The van der Waals surface area contributed by atoms with E-state index in [1.807, 2.05) is 43.6 Å². The van der Waals surface area contributed by atoms with Gasteiger partial charge in [0.25, 0.3) is 5.91 Å². The monoisotopic (exact) mass is 706 g/mol. The van der Waals surface area contributed by atoms with Crippen molar-refractivity contribution >= 4 is 40.9 Å². The number of fused-ring (bicyclic) bond motifs is 3. The smallest absolute Gasteiger partial charge is 0.414 e. The van der Waals surface area contributed by atoms with Crippen LogP contribution < -0.4 is 9.64 Å². The summed E-state index contributed by atoms with van der Waals surface area (Å²) in [6, 6.07) is 16.6. The van der Waals surface area contributed by atoms with Crippen LogP contribution in [0.25, 0.3) is 11.1 Å². The molecule has 256 valence electrons. The third-order valence-corrected chi connectivity index (χ3v) is 10.7. The van der Waals surface area contributed by atoms with Crippen molar-refractivity contribution in [2.24, 2.45) is 5.92 Å². The minimum absolute atomic E-state index is 0.104. The molecule has 0 spiro atoms. The van der Waals surface area contributed by atoms with E-state index in [0.717, 1.165) is 39.9 Å². The Morgan fingerprint density at radius 3 is 2.65 bits per heavy atom. The molecule has 3 aliphatic rings. The largest absolute Gasteiger partial charge is 0.490 e. The van der Waals surface area contributed by atoms with Gasteiger partial charge in [-0.1, -0.05) is 41.4 Å². The predicted molar refractivity (Wildman–Crippen MR) is 186 cm³/mol. The van der Waals surface area contributed by atoms with Crippen molar-refractivity contribution in [3.8, 4) is 16.9 Å². The number of nitrogens with zero attached hydrogens (tertiary/aromatic N) is 4. The lowest BCUT2D eigenvalue weighted by Gasteiger charge is -2.36. The van der Waals surface area contributed by atoms with Crippen LogP contribution in [0.4, 0.5) is 14.9 Å². The number of hydrogen-bond donors (Lipinski definition) is 1. The molecule has 0 unspecified atom stereocenters. The quantitative estimate of drug-likeness (QED) is 0.184. The van der Waals surface area contributed by atoms with Gasteiger partial charge in [0, 0.05) is 52.6 Å². The van der Waals surface area contributed by atoms with Crippen molar-refractivity contribution in [1.29, 1.82) is 0 Å². The minimum Gasteiger partial charge on any atom is -0.490 e. The average molecular weight is 708 g/mol. The molecular formula is C37H37Cl2FN4O5. The highest BCUT2D eigenvalue weighted by molar-refractivity contribution is 6.31. The van der Waals surface area contributed by atoms with E-state index in [1.54, 1.807) is 38.7 Å². The third-order valence-electron chi connectivity index (χ3n) is 9.89. The number of hydrogen-bond acceptors (Lipinski definition) is 6. The van der Waals surface area contributed by atoms with E-state index in [-0.39, 0.29) is 45.1 Å². The summed E-state index contributed by atoms with van der Waals surface area (Å²) in [5.74, 6) is 1.21. The van der Waals surface area contributed by atoms with Crippen molar-refractivity contribution < 1.29 is 28.6 Å². The number of alkyl halides is 1. The highest BCUT2D eigenvalue weighted by atomic mass is 35.5. The second-order valence-corrected chi connectivity index (χ2v) is 14.0. The number of ether oxygens (including phenoxy) is 2. The molecule has 1 N–H and O–H groups in total. The van der Waals surface area contributed by atoms with Gasteiger partial charge in [-0.05, 0) is 91.1 Å². The molecule has 9 nitrogen and oxygen atoms in total. The lowest BCUT2D eigenvalue weighted by molar-refractivity contribution is -0.0333. The Balaban J connectivity index is 1.03. The minimum atomic E-state index is -1.35. The number of carbonyl (C=O) groups is 2. The lowest BCUT2D eigenvalue weighted by Crippen LogP contribution is -2.47. The Bertz CT molecular complexity index is 1890. The zero-order valence-electron chi connectivity index (χ0n) is 27.1. The van der Waals surface area contributed by atoms with Crippen LogP contribution in [0.15, 0.2) is 67.0 Å². The Hall–Kier alpha value is -4.12.